The lowest BCUT2D eigenvalue weighted by Gasteiger charge is -2.12. The number of quaternary nitrogens is 4. The molecule has 0 aromatic rings. The van der Waals surface area contributed by atoms with Crippen LogP contribution in [0.1, 0.15) is 83.1 Å². The number of rotatable bonds is 0. The first-order valence-electron chi connectivity index (χ1n) is 8.75. The molecule has 0 saturated heterocycles. The third kappa shape index (κ3) is 121000. The zero-order valence-electron chi connectivity index (χ0n) is 20.9. The molecule has 0 heterocycles. The zero-order valence-corrected chi connectivity index (χ0v) is 24.2. The Kier molecular flexibility index (Phi) is 26.4. The molecule has 0 bridgehead atoms. The van der Waals surface area contributed by atoms with Gasteiger partial charge in [-0.2, -0.15) is 0 Å². The largest absolute Gasteiger partial charge is 0.780 e. The molecule has 0 aromatic heterocycles. The van der Waals surface area contributed by atoms with Gasteiger partial charge in [-0.25, -0.2) is 0 Å². The quantitative estimate of drug-likeness (QED) is 0.280. The standard InChI is InChI=1S/4C4H11N.2H2O3S2/c4*1-4(2,3)5;2*1-5(2,3)4/h4*5H2,1-3H3;2*(H2,1,2,3,4). The first-order valence-corrected chi connectivity index (χ1v) is 13.4. The average molecular weight is 521 g/mol. The van der Waals surface area contributed by atoms with E-state index in [1.54, 1.807) is 0 Å². The Morgan fingerprint density at radius 3 is 0.467 bits per heavy atom. The van der Waals surface area contributed by atoms with Gasteiger partial charge >= 0.3 is 0 Å². The highest BCUT2D eigenvalue weighted by Gasteiger charge is 2.02. The van der Waals surface area contributed by atoms with Gasteiger partial charge in [0, 0.05) is 0 Å². The van der Waals surface area contributed by atoms with E-state index in [1.807, 2.05) is 0 Å². The summed E-state index contributed by atoms with van der Waals surface area (Å²) in [6.07, 6.45) is 0. The van der Waals surface area contributed by atoms with Crippen LogP contribution in [0.3, 0.4) is 0 Å². The summed E-state index contributed by atoms with van der Waals surface area (Å²) in [5.41, 5.74) is 16.1. The van der Waals surface area contributed by atoms with Crippen molar-refractivity contribution in [2.75, 3.05) is 0 Å². The van der Waals surface area contributed by atoms with E-state index >= 15 is 0 Å². The van der Waals surface area contributed by atoms with Gasteiger partial charge in [0.25, 0.3) is 0 Å². The molecule has 0 spiro atoms. The van der Waals surface area contributed by atoms with Gasteiger partial charge in [-0.05, 0) is 105 Å². The van der Waals surface area contributed by atoms with Crippen LogP contribution in [0.2, 0.25) is 0 Å². The maximum Gasteiger partial charge on any atom is 0.0860 e. The summed E-state index contributed by atoms with van der Waals surface area (Å²) in [7, 11) is -8.67. The summed E-state index contributed by atoms with van der Waals surface area (Å²) in [6, 6.07) is 0. The highest BCUT2D eigenvalue weighted by atomic mass is 32.9. The Bertz CT molecular complexity index is 465. The van der Waals surface area contributed by atoms with E-state index in [1.165, 1.54) is 0 Å². The molecule has 10 nitrogen and oxygen atoms in total. The van der Waals surface area contributed by atoms with Crippen LogP contribution in [0.4, 0.5) is 0 Å². The molecule has 0 aliphatic heterocycles. The van der Waals surface area contributed by atoms with Crippen molar-refractivity contribution in [2.45, 2.75) is 105 Å². The van der Waals surface area contributed by atoms with Crippen molar-refractivity contribution in [1.29, 1.82) is 0 Å². The molecule has 14 heteroatoms. The van der Waals surface area contributed by atoms with E-state index in [0.717, 1.165) is 0 Å². The van der Waals surface area contributed by atoms with Crippen molar-refractivity contribution in [3.05, 3.63) is 0 Å². The van der Waals surface area contributed by atoms with Crippen LogP contribution >= 0.6 is 0 Å². The molecule has 0 rings (SSSR count). The molecule has 30 heavy (non-hydrogen) atoms. The summed E-state index contributed by atoms with van der Waals surface area (Å²) in [6.45, 7) is 24.9. The predicted octanol–water partition coefficient (Wildman–Crippen LogP) is -1.91. The molecule has 0 aliphatic carbocycles. The summed E-state index contributed by atoms with van der Waals surface area (Å²) in [5.74, 6) is 0. The maximum absolute atomic E-state index is 8.89. The van der Waals surface area contributed by atoms with E-state index in [0.29, 0.717) is 0 Å². The van der Waals surface area contributed by atoms with Crippen molar-refractivity contribution < 1.29 is 49.6 Å². The Morgan fingerprint density at radius 1 is 0.467 bits per heavy atom. The molecule has 0 aliphatic rings. The fourth-order valence-electron chi connectivity index (χ4n) is 0. The molecule has 0 saturated carbocycles. The maximum atomic E-state index is 8.89. The summed E-state index contributed by atoms with van der Waals surface area (Å²) in [4.78, 5) is 0. The van der Waals surface area contributed by atoms with E-state index < -0.39 is 18.1 Å². The lowest BCUT2D eigenvalue weighted by molar-refractivity contribution is -0.459. The molecule has 0 fully saturated rings. The normalized spacial score (nSPS) is 11.9. The monoisotopic (exact) mass is 520 g/mol. The Balaban J connectivity index is -0.0000000576. The van der Waals surface area contributed by atoms with E-state index in [9.17, 15) is 0 Å². The van der Waals surface area contributed by atoms with Gasteiger partial charge in [-0.1, -0.05) is 0 Å². The summed E-state index contributed by atoms with van der Waals surface area (Å²) < 4.78 is 53.3. The van der Waals surface area contributed by atoms with Gasteiger partial charge in [0.1, 0.15) is 0 Å². The minimum Gasteiger partial charge on any atom is -0.780 e. The lowest BCUT2D eigenvalue weighted by atomic mass is 10.1. The van der Waals surface area contributed by atoms with Crippen molar-refractivity contribution in [2.24, 2.45) is 0 Å². The van der Waals surface area contributed by atoms with Gasteiger partial charge in [-0.3, -0.25) is 8.42 Å². The highest BCUT2D eigenvalue weighted by molar-refractivity contribution is 8.26. The van der Waals surface area contributed by atoms with E-state index in [-0.39, 0.29) is 22.2 Å². The minimum atomic E-state index is -4.33. The van der Waals surface area contributed by atoms with Crippen molar-refractivity contribution in [3.8, 4) is 0 Å². The third-order valence-electron chi connectivity index (χ3n) is 0. The van der Waals surface area contributed by atoms with Gasteiger partial charge in [-0.15, -0.1) is 18.1 Å². The van der Waals surface area contributed by atoms with Crippen molar-refractivity contribution in [3.63, 3.8) is 0 Å². The smallest absolute Gasteiger partial charge is 0.0860 e. The first-order chi connectivity index (χ1) is 12.0. The van der Waals surface area contributed by atoms with Crippen LogP contribution in [0, 0.1) is 0 Å². The average Bonchev–Trinajstić information content (AvgIpc) is 1.94. The highest BCUT2D eigenvalue weighted by Crippen LogP contribution is 1.85. The van der Waals surface area contributed by atoms with Crippen LogP contribution in [-0.4, -0.2) is 48.8 Å². The van der Waals surface area contributed by atoms with Gasteiger partial charge < -0.3 is 41.1 Å². The molecule has 12 N–H and O–H groups in total. The third-order valence-corrected chi connectivity index (χ3v) is 0. The van der Waals surface area contributed by atoms with E-state index in [4.69, 9.17) is 26.6 Å². The van der Waals surface area contributed by atoms with Gasteiger partial charge in [0.05, 0.1) is 22.2 Å². The Morgan fingerprint density at radius 2 is 0.467 bits per heavy atom. The minimum absolute atomic E-state index is 0.250. The molecule has 192 valence electrons. The zero-order chi connectivity index (χ0) is 27.0. The topological polar surface area (TPSA) is 237 Å². The van der Waals surface area contributed by atoms with Crippen LogP contribution in [-0.2, 0) is 40.5 Å². The second kappa shape index (κ2) is 17.9. The second-order valence-electron chi connectivity index (χ2n) is 11.1. The van der Waals surface area contributed by atoms with Crippen molar-refractivity contribution >= 4 is 40.5 Å². The van der Waals surface area contributed by atoms with Crippen LogP contribution < -0.4 is 22.9 Å². The predicted molar refractivity (Wildman–Crippen MR) is 125 cm³/mol. The molecule has 0 atom stereocenters. The summed E-state index contributed by atoms with van der Waals surface area (Å²) >= 11 is 6.49. The van der Waals surface area contributed by atoms with Crippen molar-refractivity contribution in [1.82, 2.24) is 0 Å². The van der Waals surface area contributed by atoms with Crippen LogP contribution in [0.5, 0.6) is 0 Å². The van der Waals surface area contributed by atoms with E-state index in [2.05, 4.69) is 128 Å². The first kappa shape index (κ1) is 44.2. The fraction of sp³-hybridized carbons (Fsp3) is 1.00. The molecule has 0 radical (unpaired) electrons. The fourth-order valence-corrected chi connectivity index (χ4v) is 0. The Labute approximate surface area is 195 Å². The molecular formula is C16H48N4O6S4. The van der Waals surface area contributed by atoms with Gasteiger partial charge in [0.15, 0.2) is 0 Å². The van der Waals surface area contributed by atoms with Crippen LogP contribution in [0.15, 0.2) is 0 Å². The molecule has 0 amide bonds. The SMILES string of the molecule is CC(C)(C)[NH3+].CC(C)(C)[NH3+].CC(C)(C)[NH3+].CC(C)(C)[NH3+].O=S([O-])([O-])=S.O=S([O-])([O-])=S. The second-order valence-corrected chi connectivity index (χ2v) is 15.1. The van der Waals surface area contributed by atoms with Crippen LogP contribution in [0.25, 0.3) is 0 Å². The molecule has 0 aromatic carbocycles. The Hall–Kier alpha value is 0.420. The molecular weight excluding hydrogens is 472 g/mol. The summed E-state index contributed by atoms with van der Waals surface area (Å²) in [5, 5.41) is 0. The molecule has 0 unspecified atom stereocenters. The number of hydrogen-bond donors (Lipinski definition) is 4. The van der Waals surface area contributed by atoms with Gasteiger partial charge in [0.2, 0.25) is 0 Å². The lowest BCUT2D eigenvalue weighted by Crippen LogP contribution is -2.67. The number of hydrogen-bond acceptors (Lipinski definition) is 8.